The molecule has 0 spiro atoms. The summed E-state index contributed by atoms with van der Waals surface area (Å²) in [6, 6.07) is 2.61. The van der Waals surface area contributed by atoms with Crippen LogP contribution >= 0.6 is 22.9 Å². The maximum absolute atomic E-state index is 12.5. The van der Waals surface area contributed by atoms with E-state index in [1.807, 2.05) is 6.92 Å². The minimum Gasteiger partial charge on any atom is -0.218 e. The molecule has 2 rings (SSSR count). The molecule has 90 valence electrons. The molecule has 2 nitrogen and oxygen atoms in total. The van der Waals surface area contributed by atoms with E-state index in [1.165, 1.54) is 11.3 Å². The first kappa shape index (κ1) is 12.3. The minimum absolute atomic E-state index is 0.191. The summed E-state index contributed by atoms with van der Waals surface area (Å²) in [4.78, 5) is 7.87. The van der Waals surface area contributed by atoms with E-state index in [0.717, 1.165) is 10.9 Å². The van der Waals surface area contributed by atoms with Gasteiger partial charge in [-0.05, 0) is 36.0 Å². The van der Waals surface area contributed by atoms with Crippen LogP contribution in [0.4, 0.5) is 13.2 Å². The van der Waals surface area contributed by atoms with Gasteiger partial charge < -0.3 is 0 Å². The fraction of sp³-hybridized carbons (Fsp3) is 0.200. The van der Waals surface area contributed by atoms with Crippen LogP contribution < -0.4 is 0 Å². The summed E-state index contributed by atoms with van der Waals surface area (Å²) in [7, 11) is 0. The highest BCUT2D eigenvalue weighted by molar-refractivity contribution is 7.10. The van der Waals surface area contributed by atoms with Gasteiger partial charge in [-0.3, -0.25) is 0 Å². The van der Waals surface area contributed by atoms with E-state index in [9.17, 15) is 13.2 Å². The Kier molecular flexibility index (Phi) is 3.09. The number of rotatable bonds is 1. The van der Waals surface area contributed by atoms with Gasteiger partial charge in [-0.25, -0.2) is 9.97 Å². The highest BCUT2D eigenvalue weighted by Gasteiger charge is 2.33. The van der Waals surface area contributed by atoms with Crippen molar-refractivity contribution in [3.05, 3.63) is 33.4 Å². The summed E-state index contributed by atoms with van der Waals surface area (Å²) >= 11 is 6.94. The van der Waals surface area contributed by atoms with Crippen LogP contribution in [-0.4, -0.2) is 9.97 Å². The number of aryl methyl sites for hydroxylation is 1. The number of nitrogens with zero attached hydrogens (tertiary/aromatic N) is 2. The van der Waals surface area contributed by atoms with Crippen molar-refractivity contribution in [2.45, 2.75) is 13.1 Å². The van der Waals surface area contributed by atoms with Crippen molar-refractivity contribution in [2.75, 3.05) is 0 Å². The van der Waals surface area contributed by atoms with Crippen molar-refractivity contribution < 1.29 is 13.2 Å². The van der Waals surface area contributed by atoms with Crippen LogP contribution in [0.15, 0.2) is 17.5 Å². The normalized spacial score (nSPS) is 11.8. The van der Waals surface area contributed by atoms with Gasteiger partial charge in [-0.1, -0.05) is 0 Å². The molecule has 0 radical (unpaired) electrons. The first-order valence-corrected chi connectivity index (χ1v) is 5.80. The molecule has 17 heavy (non-hydrogen) atoms. The zero-order chi connectivity index (χ0) is 12.6. The van der Waals surface area contributed by atoms with Crippen LogP contribution in [0.1, 0.15) is 10.6 Å². The van der Waals surface area contributed by atoms with E-state index in [0.29, 0.717) is 5.56 Å². The van der Waals surface area contributed by atoms with Crippen LogP contribution in [0.3, 0.4) is 0 Å². The molecular weight excluding hydrogens is 273 g/mol. The SMILES string of the molecule is Cc1sccc1-c1cc(C(F)(F)F)nc(Cl)n1. The fourth-order valence-electron chi connectivity index (χ4n) is 1.35. The molecule has 0 amide bonds. The summed E-state index contributed by atoms with van der Waals surface area (Å²) in [6.07, 6.45) is -4.52. The predicted octanol–water partition coefficient (Wildman–Crippen LogP) is 4.19. The van der Waals surface area contributed by atoms with Crippen molar-refractivity contribution in [3.8, 4) is 11.3 Å². The molecule has 0 aliphatic carbocycles. The van der Waals surface area contributed by atoms with Crippen LogP contribution in [-0.2, 0) is 6.18 Å². The second kappa shape index (κ2) is 4.27. The molecule has 2 heterocycles. The van der Waals surface area contributed by atoms with Crippen molar-refractivity contribution in [1.29, 1.82) is 0 Å². The summed E-state index contributed by atoms with van der Waals surface area (Å²) in [5.74, 6) is 0. The Labute approximate surface area is 104 Å². The Morgan fingerprint density at radius 1 is 1.29 bits per heavy atom. The van der Waals surface area contributed by atoms with E-state index >= 15 is 0 Å². The van der Waals surface area contributed by atoms with Gasteiger partial charge in [0, 0.05) is 10.4 Å². The van der Waals surface area contributed by atoms with E-state index in [2.05, 4.69) is 9.97 Å². The Bertz CT molecular complexity index is 551. The number of thiophene rings is 1. The number of aromatic nitrogens is 2. The highest BCUT2D eigenvalue weighted by Crippen LogP contribution is 2.33. The van der Waals surface area contributed by atoms with Crippen LogP contribution in [0, 0.1) is 6.92 Å². The molecule has 0 unspecified atom stereocenters. The van der Waals surface area contributed by atoms with Crippen molar-refractivity contribution in [2.24, 2.45) is 0 Å². The molecule has 0 aliphatic rings. The Morgan fingerprint density at radius 3 is 2.53 bits per heavy atom. The lowest BCUT2D eigenvalue weighted by Crippen LogP contribution is -2.09. The average Bonchev–Trinajstić information content (AvgIpc) is 2.62. The Hall–Kier alpha value is -1.14. The quantitative estimate of drug-likeness (QED) is 0.731. The van der Waals surface area contributed by atoms with Crippen molar-refractivity contribution in [3.63, 3.8) is 0 Å². The summed E-state index contributed by atoms with van der Waals surface area (Å²) < 4.78 is 37.6. The molecule has 0 saturated heterocycles. The number of hydrogen-bond donors (Lipinski definition) is 0. The zero-order valence-corrected chi connectivity index (χ0v) is 10.1. The lowest BCUT2D eigenvalue weighted by molar-refractivity contribution is -0.141. The maximum Gasteiger partial charge on any atom is 0.433 e. The first-order chi connectivity index (χ1) is 7.88. The van der Waals surface area contributed by atoms with Gasteiger partial charge in [0.15, 0.2) is 0 Å². The topological polar surface area (TPSA) is 25.8 Å². The molecule has 0 aliphatic heterocycles. The van der Waals surface area contributed by atoms with Crippen LogP contribution in [0.5, 0.6) is 0 Å². The van der Waals surface area contributed by atoms with Gasteiger partial charge in [-0.15, -0.1) is 11.3 Å². The monoisotopic (exact) mass is 278 g/mol. The molecule has 7 heteroatoms. The van der Waals surface area contributed by atoms with Crippen molar-refractivity contribution >= 4 is 22.9 Å². The molecule has 0 N–H and O–H groups in total. The molecule has 2 aromatic heterocycles. The van der Waals surface area contributed by atoms with Crippen LogP contribution in [0.2, 0.25) is 5.28 Å². The lowest BCUT2D eigenvalue weighted by atomic mass is 10.1. The van der Waals surface area contributed by atoms with Gasteiger partial charge in [0.05, 0.1) is 5.69 Å². The second-order valence-corrected chi connectivity index (χ2v) is 4.75. The first-order valence-electron chi connectivity index (χ1n) is 4.54. The van der Waals surface area contributed by atoms with Gasteiger partial charge >= 0.3 is 6.18 Å². The van der Waals surface area contributed by atoms with Gasteiger partial charge in [0.1, 0.15) is 5.69 Å². The van der Waals surface area contributed by atoms with E-state index in [-0.39, 0.29) is 5.69 Å². The van der Waals surface area contributed by atoms with E-state index in [4.69, 9.17) is 11.6 Å². The maximum atomic E-state index is 12.5. The number of halogens is 4. The van der Waals surface area contributed by atoms with Crippen LogP contribution in [0.25, 0.3) is 11.3 Å². The molecule has 0 aromatic carbocycles. The van der Waals surface area contributed by atoms with Gasteiger partial charge in [-0.2, -0.15) is 13.2 Å². The lowest BCUT2D eigenvalue weighted by Gasteiger charge is -2.07. The van der Waals surface area contributed by atoms with E-state index < -0.39 is 17.2 Å². The number of alkyl halides is 3. The smallest absolute Gasteiger partial charge is 0.218 e. The molecule has 0 fully saturated rings. The van der Waals surface area contributed by atoms with Gasteiger partial charge in [0.2, 0.25) is 5.28 Å². The molecule has 0 atom stereocenters. The summed E-state index contributed by atoms with van der Waals surface area (Å²) in [5.41, 5.74) is -0.195. The zero-order valence-electron chi connectivity index (χ0n) is 8.55. The molecule has 2 aromatic rings. The minimum atomic E-state index is -4.52. The Balaban J connectivity index is 2.57. The fourth-order valence-corrected chi connectivity index (χ4v) is 2.24. The summed E-state index contributed by atoms with van der Waals surface area (Å²) in [5, 5.41) is 1.38. The third kappa shape index (κ3) is 2.58. The standard InChI is InChI=1S/C10H6ClF3N2S/c1-5-6(2-3-17-5)7-4-8(10(12,13)14)16-9(11)15-7/h2-4H,1H3. The third-order valence-electron chi connectivity index (χ3n) is 2.12. The highest BCUT2D eigenvalue weighted by atomic mass is 35.5. The average molecular weight is 279 g/mol. The van der Waals surface area contributed by atoms with Gasteiger partial charge in [0.25, 0.3) is 0 Å². The number of hydrogen-bond acceptors (Lipinski definition) is 3. The summed E-state index contributed by atoms with van der Waals surface area (Å²) in [6.45, 7) is 1.81. The Morgan fingerprint density at radius 2 is 2.00 bits per heavy atom. The van der Waals surface area contributed by atoms with Crippen molar-refractivity contribution in [1.82, 2.24) is 9.97 Å². The largest absolute Gasteiger partial charge is 0.433 e. The third-order valence-corrected chi connectivity index (χ3v) is 3.14. The predicted molar refractivity (Wildman–Crippen MR) is 60.1 cm³/mol. The molecule has 0 saturated carbocycles. The second-order valence-electron chi connectivity index (χ2n) is 3.30. The molecular formula is C10H6ClF3N2S. The molecule has 0 bridgehead atoms. The van der Waals surface area contributed by atoms with E-state index in [1.54, 1.807) is 11.4 Å².